The Hall–Kier alpha value is -3.66. The summed E-state index contributed by atoms with van der Waals surface area (Å²) in [4.78, 5) is 73.2. The van der Waals surface area contributed by atoms with Crippen molar-refractivity contribution in [3.05, 3.63) is 0 Å². The van der Waals surface area contributed by atoms with Crippen molar-refractivity contribution in [3.8, 4) is 0 Å². The second-order valence-electron chi connectivity index (χ2n) is 44.5. The molecule has 5 unspecified atom stereocenters. The van der Waals surface area contributed by atoms with E-state index >= 15 is 0 Å². The summed E-state index contributed by atoms with van der Waals surface area (Å²) in [6.07, 6.45) is 54.8. The van der Waals surface area contributed by atoms with E-state index in [0.717, 1.165) is 170 Å². The molecule has 24 nitrogen and oxygen atoms in total. The third-order valence-corrected chi connectivity index (χ3v) is 30.6. The topological polar surface area (TPSA) is 335 Å². The second-order valence-corrected chi connectivity index (χ2v) is 44.5. The van der Waals surface area contributed by atoms with Crippen molar-refractivity contribution in [2.45, 2.75) is 467 Å². The molecule has 0 aliphatic heterocycles. The number of methoxy groups -OCH3 is 4. The SMILES string of the molecule is C1CCCCC1.C1CCCCC1.CCC(C)(C)C(=O)OC12CC3CC(CC(C3)C1)C2.CCC(C)(C)C(=O)OC12CC3CC(CC(C3)C1)C2.CCC(C)(C)C(=O)OC1CC2CCC1C2.CCC(C)(C)C(=O)OC1CCCCC1.CCC(C)(C)C(=O)OCC(=O)OC12CC3CC(OCCO)(CC(OCCO)(C3)C1)C2.CCCO.CCCOC.CCO.CCOC.COCCO.COCCO. The average Bonchev–Trinajstić information content (AvgIpc) is 1.04. The number of ether oxygens (including phenoxy) is 12. The van der Waals surface area contributed by atoms with Gasteiger partial charge in [0.2, 0.25) is 0 Å². The molecule has 17 aliphatic rings. The van der Waals surface area contributed by atoms with E-state index in [1.54, 1.807) is 49.2 Å². The van der Waals surface area contributed by atoms with E-state index in [2.05, 4.69) is 35.0 Å². The average molecular weight is 1900 g/mol. The van der Waals surface area contributed by atoms with Gasteiger partial charge in [-0.1, -0.05) is 132 Å². The van der Waals surface area contributed by atoms with E-state index in [1.807, 2.05) is 90.0 Å². The van der Waals surface area contributed by atoms with E-state index in [0.29, 0.717) is 51.4 Å². The van der Waals surface area contributed by atoms with Gasteiger partial charge >= 0.3 is 35.8 Å². The maximum Gasteiger partial charge on any atom is 0.344 e. The Morgan fingerprint density at radius 2 is 0.602 bits per heavy atom. The summed E-state index contributed by atoms with van der Waals surface area (Å²) in [5.74, 6) is 5.91. The van der Waals surface area contributed by atoms with Gasteiger partial charge in [-0.25, -0.2) is 4.79 Å². The number of hydrogen-bond donors (Lipinski definition) is 6. The van der Waals surface area contributed by atoms with Crippen molar-refractivity contribution in [1.29, 1.82) is 0 Å². The zero-order valence-corrected chi connectivity index (χ0v) is 89.1. The molecule has 6 N–H and O–H groups in total. The summed E-state index contributed by atoms with van der Waals surface area (Å²) in [5, 5.41) is 49.9. The highest BCUT2D eigenvalue weighted by Gasteiger charge is 2.67. The lowest BCUT2D eigenvalue weighted by molar-refractivity contribution is -0.287. The molecule has 17 aliphatic carbocycles. The monoisotopic (exact) mass is 1900 g/mol. The van der Waals surface area contributed by atoms with E-state index in [1.165, 1.54) is 154 Å². The van der Waals surface area contributed by atoms with Crippen molar-refractivity contribution >= 4 is 35.8 Å². The first-order chi connectivity index (χ1) is 63.0. The molecule has 0 spiro atoms. The van der Waals surface area contributed by atoms with Crippen LogP contribution in [0.4, 0.5) is 0 Å². The fraction of sp³-hybridized carbons (Fsp3) is 0.945. The normalized spacial score (nSPS) is 28.8. The lowest BCUT2D eigenvalue weighted by atomic mass is 9.50. The van der Waals surface area contributed by atoms with Crippen LogP contribution in [0.15, 0.2) is 0 Å². The molecule has 17 saturated carbocycles. The molecule has 0 aromatic carbocycles. The van der Waals surface area contributed by atoms with E-state index in [9.17, 15) is 39.0 Å². The number of carbonyl (C=O) groups excluding carboxylic acids is 6. The molecule has 17 rings (SSSR count). The zero-order valence-electron chi connectivity index (χ0n) is 89.1. The van der Waals surface area contributed by atoms with Crippen molar-refractivity contribution in [1.82, 2.24) is 0 Å². The molecule has 133 heavy (non-hydrogen) atoms. The summed E-state index contributed by atoms with van der Waals surface area (Å²) in [6.45, 7) is 40.5. The number of rotatable bonds is 31. The van der Waals surface area contributed by atoms with Gasteiger partial charge in [-0.3, -0.25) is 24.0 Å². The lowest BCUT2D eigenvalue weighted by Crippen LogP contribution is -2.68. The summed E-state index contributed by atoms with van der Waals surface area (Å²) in [7, 11) is 6.50. The Morgan fingerprint density at radius 1 is 0.301 bits per heavy atom. The van der Waals surface area contributed by atoms with Crippen LogP contribution in [0.3, 0.4) is 0 Å². The number of fused-ring (bicyclic) bond motifs is 2. The molecule has 0 amide bonds. The van der Waals surface area contributed by atoms with Gasteiger partial charge in [0.25, 0.3) is 0 Å². The van der Waals surface area contributed by atoms with Crippen molar-refractivity contribution in [2.24, 2.45) is 80.3 Å². The fourth-order valence-electron chi connectivity index (χ4n) is 22.1. The first kappa shape index (κ1) is 125. The minimum Gasteiger partial charge on any atom is -0.462 e. The van der Waals surface area contributed by atoms with Crippen LogP contribution in [0.2, 0.25) is 0 Å². The Morgan fingerprint density at radius 3 is 0.872 bits per heavy atom. The van der Waals surface area contributed by atoms with E-state index in [4.69, 9.17) is 63.1 Å². The molecule has 0 aromatic heterocycles. The highest BCUT2D eigenvalue weighted by molar-refractivity contribution is 5.80. The van der Waals surface area contributed by atoms with Crippen molar-refractivity contribution in [3.63, 3.8) is 0 Å². The van der Waals surface area contributed by atoms with Crippen LogP contribution < -0.4 is 0 Å². The summed E-state index contributed by atoms with van der Waals surface area (Å²) < 4.78 is 64.8. The third kappa shape index (κ3) is 45.9. The smallest absolute Gasteiger partial charge is 0.344 e. The third-order valence-electron chi connectivity index (χ3n) is 30.6. The fourth-order valence-corrected chi connectivity index (χ4v) is 22.1. The highest BCUT2D eigenvalue weighted by Crippen LogP contribution is 2.64. The first-order valence-electron chi connectivity index (χ1n) is 53.2. The summed E-state index contributed by atoms with van der Waals surface area (Å²) in [6, 6.07) is 0. The van der Waals surface area contributed by atoms with Crippen LogP contribution in [0.25, 0.3) is 0 Å². The molecule has 0 aromatic rings. The van der Waals surface area contributed by atoms with Gasteiger partial charge in [-0.2, -0.15) is 0 Å². The van der Waals surface area contributed by atoms with Gasteiger partial charge in [-0.05, 0) is 329 Å². The van der Waals surface area contributed by atoms with Crippen LogP contribution in [0.5, 0.6) is 0 Å². The van der Waals surface area contributed by atoms with E-state index in [-0.39, 0.29) is 121 Å². The Bertz CT molecular complexity index is 2850. The van der Waals surface area contributed by atoms with E-state index < -0.39 is 40.8 Å². The number of hydrogen-bond acceptors (Lipinski definition) is 24. The lowest BCUT2D eigenvalue weighted by Gasteiger charge is -2.64. The molecule has 24 heteroatoms. The zero-order chi connectivity index (χ0) is 100. The molecule has 17 fully saturated rings. The highest BCUT2D eigenvalue weighted by atomic mass is 16.6. The minimum atomic E-state index is -0.742. The number of aliphatic hydroxyl groups excluding tert-OH is 6. The summed E-state index contributed by atoms with van der Waals surface area (Å²) in [5.41, 5.74) is -3.81. The summed E-state index contributed by atoms with van der Waals surface area (Å²) >= 11 is 0. The second kappa shape index (κ2) is 65.4. The van der Waals surface area contributed by atoms with Crippen molar-refractivity contribution < 1.29 is 116 Å². The predicted octanol–water partition coefficient (Wildman–Crippen LogP) is 22.1. The first-order valence-corrected chi connectivity index (χ1v) is 53.2. The molecular formula is C109H204O24. The molecule has 14 bridgehead atoms. The standard InChI is InChI=1S/C22H36O8.2C16H26O2.C13H22O2.C12H22O2.2C6H12.C4H10O.2C3H8O2.2C3H8O.C2H6O/c1-4-19(2,3)18(26)27-12-17(25)30-22-11-16-9-20(14-22,28-7-5-23)13-21(10-16,15-22)29-8-6-24;2*1-4-15(2,3)14(17)18-16-8-11-5-12(9-16)7-13(6-11)10-16;1-4-13(2,3)12(14)15-11-8-9-5-6-10(11)7-9;1-4-12(2,3)11(13)14-10-8-6-5-7-9-10;2*1-2-4-6-5-3-1;1-3-4-5-2;2*1-5-3-2-4;1-3-4-2;1-2-3-4;1-2-3/h16,23-24H,4-15H2,1-3H3;2*11-13H,4-10H2,1-3H3;9-11H,4-8H2,1-3H3;10H,4-9H2,1-3H3;2*1-6H2;3-4H2,1-2H3;2*4H,2-3H2,1H3;3H2,1-2H3;4H,2-3H2,1H3;3H,2H2,1H3. The van der Waals surface area contributed by atoms with Crippen LogP contribution in [0, 0.1) is 80.3 Å². The Labute approximate surface area is 809 Å². The molecule has 0 heterocycles. The maximum atomic E-state index is 12.6. The van der Waals surface area contributed by atoms with Crippen LogP contribution in [-0.2, 0) is 85.6 Å². The van der Waals surface area contributed by atoms with Gasteiger partial charge in [0.1, 0.15) is 29.0 Å². The predicted molar refractivity (Wildman–Crippen MR) is 528 cm³/mol. The number of aliphatic hydroxyl groups is 6. The van der Waals surface area contributed by atoms with Gasteiger partial charge in [0.05, 0.1) is 91.1 Å². The molecule has 0 radical (unpaired) electrons. The molecule has 784 valence electrons. The van der Waals surface area contributed by atoms with Crippen LogP contribution in [-0.4, -0.2) is 221 Å². The van der Waals surface area contributed by atoms with Gasteiger partial charge in [0.15, 0.2) is 6.61 Å². The number of esters is 6. The van der Waals surface area contributed by atoms with Crippen LogP contribution >= 0.6 is 0 Å². The Kier molecular flexibility index (Phi) is 61.7. The van der Waals surface area contributed by atoms with Gasteiger partial charge < -0.3 is 87.5 Å². The molecular weight excluding hydrogens is 1690 g/mol. The van der Waals surface area contributed by atoms with Gasteiger partial charge in [0, 0.05) is 74.1 Å². The molecule has 0 saturated heterocycles. The number of carbonyl (C=O) groups is 6. The quantitative estimate of drug-likeness (QED) is 0.0277. The minimum absolute atomic E-state index is 0.00236. The largest absolute Gasteiger partial charge is 0.462 e. The van der Waals surface area contributed by atoms with Crippen LogP contribution in [0.1, 0.15) is 427 Å². The Balaban J connectivity index is 0.000000519. The molecule has 5 atom stereocenters. The maximum absolute atomic E-state index is 12.6. The van der Waals surface area contributed by atoms with Gasteiger partial charge in [-0.15, -0.1) is 0 Å². The van der Waals surface area contributed by atoms with Crippen molar-refractivity contribution in [2.75, 3.05) is 114 Å².